The van der Waals surface area contributed by atoms with Crippen LogP contribution in [0.15, 0.2) is 133 Å². The first-order valence-electron chi connectivity index (χ1n) is 12.9. The molecular weight excluding hydrogens is 450 g/mol. The summed E-state index contributed by atoms with van der Waals surface area (Å²) < 4.78 is 0. The zero-order valence-electron chi connectivity index (χ0n) is 20.3. The second-order valence-corrected chi connectivity index (χ2v) is 10.3. The third-order valence-corrected chi connectivity index (χ3v) is 8.65. The molecule has 0 N–H and O–H groups in total. The largest absolute Gasteiger partial charge is 0.293 e. The number of nitriles is 1. The van der Waals surface area contributed by atoms with Crippen LogP contribution in [0.3, 0.4) is 0 Å². The van der Waals surface area contributed by atoms with E-state index in [1.807, 2.05) is 42.5 Å². The van der Waals surface area contributed by atoms with Crippen LogP contribution < -0.4 is 0 Å². The van der Waals surface area contributed by atoms with Gasteiger partial charge in [0.15, 0.2) is 5.78 Å². The van der Waals surface area contributed by atoms with Crippen LogP contribution in [-0.4, -0.2) is 5.78 Å². The van der Waals surface area contributed by atoms with E-state index >= 15 is 0 Å². The fraction of sp³-hybridized carbons (Fsp3) is 0.143. The molecule has 4 aliphatic carbocycles. The molecule has 2 heteroatoms. The lowest BCUT2D eigenvalue weighted by Crippen LogP contribution is -2.30. The summed E-state index contributed by atoms with van der Waals surface area (Å²) in [4.78, 5) is 14.4. The van der Waals surface area contributed by atoms with Gasteiger partial charge in [-0.05, 0) is 45.9 Å². The molecule has 0 saturated heterocycles. The fourth-order valence-corrected chi connectivity index (χ4v) is 7.25. The van der Waals surface area contributed by atoms with Gasteiger partial charge in [-0.2, -0.15) is 5.26 Å². The number of allylic oxidation sites excluding steroid dienone is 3. The van der Waals surface area contributed by atoms with Gasteiger partial charge in [0.05, 0.1) is 17.0 Å². The third-order valence-electron chi connectivity index (χ3n) is 8.65. The molecule has 4 aromatic rings. The van der Waals surface area contributed by atoms with E-state index < -0.39 is 5.41 Å². The van der Waals surface area contributed by atoms with Crippen LogP contribution in [0.5, 0.6) is 0 Å². The van der Waals surface area contributed by atoms with Gasteiger partial charge in [-0.3, -0.25) is 4.79 Å². The first-order valence-corrected chi connectivity index (χ1v) is 12.9. The first kappa shape index (κ1) is 21.8. The lowest BCUT2D eigenvalue weighted by atomic mass is 9.68. The zero-order chi connectivity index (χ0) is 25.0. The Morgan fingerprint density at radius 3 is 1.73 bits per heavy atom. The van der Waals surface area contributed by atoms with Crippen molar-refractivity contribution < 1.29 is 4.79 Å². The molecule has 2 nitrogen and oxygen atoms in total. The predicted octanol–water partition coefficient (Wildman–Crippen LogP) is 7.46. The van der Waals surface area contributed by atoms with Crippen LogP contribution >= 0.6 is 0 Å². The molecule has 2 fully saturated rings. The van der Waals surface area contributed by atoms with Crippen molar-refractivity contribution in [1.82, 2.24) is 0 Å². The molecule has 0 radical (unpaired) electrons. The highest BCUT2D eigenvalue weighted by Crippen LogP contribution is 2.82. The topological polar surface area (TPSA) is 40.9 Å². The number of ketones is 1. The molecule has 4 aromatic carbocycles. The summed E-state index contributed by atoms with van der Waals surface area (Å²) in [6.07, 6.45) is 4.64. The number of nitrogens with zero attached hydrogens (tertiary/aromatic N) is 1. The summed E-state index contributed by atoms with van der Waals surface area (Å²) in [5, 5.41) is 9.39. The van der Waals surface area contributed by atoms with Gasteiger partial charge in [0, 0.05) is 23.3 Å². The number of carbonyl (C=O) groups excluding carboxylic acids is 1. The molecule has 0 spiro atoms. The Hall–Kier alpha value is -4.48. The van der Waals surface area contributed by atoms with Crippen molar-refractivity contribution in [2.75, 3.05) is 0 Å². The Balaban J connectivity index is 1.49. The van der Waals surface area contributed by atoms with Gasteiger partial charge in [0.2, 0.25) is 0 Å². The number of carbonyl (C=O) groups is 1. The quantitative estimate of drug-likeness (QED) is 0.222. The molecule has 176 valence electrons. The number of benzene rings is 4. The van der Waals surface area contributed by atoms with Crippen molar-refractivity contribution in [1.29, 1.82) is 5.26 Å². The Morgan fingerprint density at radius 1 is 0.649 bits per heavy atom. The van der Waals surface area contributed by atoms with E-state index in [0.717, 1.165) is 11.1 Å². The van der Waals surface area contributed by atoms with Crippen molar-refractivity contribution in [2.24, 2.45) is 23.2 Å². The third kappa shape index (κ3) is 3.07. The van der Waals surface area contributed by atoms with Crippen LogP contribution in [0.1, 0.15) is 38.5 Å². The molecule has 0 amide bonds. The molecule has 0 unspecified atom stereocenters. The number of hydrogen-bond acceptors (Lipinski definition) is 2. The molecule has 4 aliphatic rings. The van der Waals surface area contributed by atoms with Gasteiger partial charge < -0.3 is 0 Å². The van der Waals surface area contributed by atoms with E-state index in [1.54, 1.807) is 0 Å². The van der Waals surface area contributed by atoms with E-state index in [4.69, 9.17) is 0 Å². The number of rotatable bonds is 5. The van der Waals surface area contributed by atoms with Crippen molar-refractivity contribution in [3.05, 3.63) is 161 Å². The average Bonchev–Trinajstić information content (AvgIpc) is 3.59. The molecule has 8 rings (SSSR count). The lowest BCUT2D eigenvalue weighted by Gasteiger charge is -2.33. The van der Waals surface area contributed by atoms with Gasteiger partial charge in [-0.1, -0.05) is 115 Å². The Morgan fingerprint density at radius 2 is 1.19 bits per heavy atom. The predicted molar refractivity (Wildman–Crippen MR) is 146 cm³/mol. The van der Waals surface area contributed by atoms with E-state index in [-0.39, 0.29) is 29.5 Å². The molecule has 0 aromatic heterocycles. The standard InChI is InChI=1S/C35H25NO/c36-22-23-16-18-26(19-17-23)32-28-20-21-29-33(35(29,32)34(37)27-14-8-3-9-15-27)31(28)30(24-10-4-1-5-11-24)25-12-6-2-7-13-25/h1-21,28-29,32-33H/t28-,29+,32-,33+,35+/m0/s1. The second-order valence-electron chi connectivity index (χ2n) is 10.3. The second kappa shape index (κ2) is 8.29. The van der Waals surface area contributed by atoms with Gasteiger partial charge in [0.1, 0.15) is 0 Å². The minimum absolute atomic E-state index is 0.0328. The maximum Gasteiger partial charge on any atom is 0.170 e. The molecule has 37 heavy (non-hydrogen) atoms. The van der Waals surface area contributed by atoms with Crippen LogP contribution in [0.4, 0.5) is 0 Å². The maximum atomic E-state index is 14.4. The summed E-state index contributed by atoms with van der Waals surface area (Å²) in [5.74, 6) is 0.716. The van der Waals surface area contributed by atoms with E-state index in [0.29, 0.717) is 5.56 Å². The minimum atomic E-state index is -0.501. The van der Waals surface area contributed by atoms with Gasteiger partial charge in [0.25, 0.3) is 0 Å². The highest BCUT2D eigenvalue weighted by molar-refractivity contribution is 6.07. The normalized spacial score (nSPS) is 26.4. The maximum absolute atomic E-state index is 14.4. The Bertz CT molecular complexity index is 1550. The fourth-order valence-electron chi connectivity index (χ4n) is 7.25. The lowest BCUT2D eigenvalue weighted by molar-refractivity contribution is 0.0859. The highest BCUT2D eigenvalue weighted by atomic mass is 16.1. The molecule has 5 atom stereocenters. The minimum Gasteiger partial charge on any atom is -0.293 e. The van der Waals surface area contributed by atoms with Crippen LogP contribution in [0.2, 0.25) is 0 Å². The Kier molecular flexibility index (Phi) is 4.88. The van der Waals surface area contributed by atoms with Gasteiger partial charge in [-0.25, -0.2) is 0 Å². The van der Waals surface area contributed by atoms with E-state index in [9.17, 15) is 10.1 Å². The van der Waals surface area contributed by atoms with Crippen LogP contribution in [-0.2, 0) is 0 Å². The van der Waals surface area contributed by atoms with Crippen LogP contribution in [0, 0.1) is 34.5 Å². The van der Waals surface area contributed by atoms with Crippen molar-refractivity contribution in [3.8, 4) is 6.07 Å². The van der Waals surface area contributed by atoms with Crippen molar-refractivity contribution >= 4 is 11.4 Å². The smallest absolute Gasteiger partial charge is 0.170 e. The summed E-state index contributed by atoms with van der Waals surface area (Å²) in [6, 6.07) is 41.2. The summed E-state index contributed by atoms with van der Waals surface area (Å²) >= 11 is 0. The van der Waals surface area contributed by atoms with Gasteiger partial charge >= 0.3 is 0 Å². The summed E-state index contributed by atoms with van der Waals surface area (Å²) in [6.45, 7) is 0. The number of Topliss-reactive ketones (excluding diaryl/α,β-unsaturated/α-hetero) is 1. The SMILES string of the molecule is N#Cc1ccc([C@H]2[C@H]3C=C[C@@H]4[C@H](C3=C(c3ccccc3)c3ccccc3)[C@@]42C(=O)c2ccccc2)cc1. The first-order chi connectivity index (χ1) is 18.2. The highest BCUT2D eigenvalue weighted by Gasteiger charge is 2.80. The zero-order valence-corrected chi connectivity index (χ0v) is 20.3. The number of hydrogen-bond donors (Lipinski definition) is 0. The molecule has 4 bridgehead atoms. The summed E-state index contributed by atoms with van der Waals surface area (Å²) in [7, 11) is 0. The molecular formula is C35H25NO. The van der Waals surface area contributed by atoms with Crippen molar-refractivity contribution in [2.45, 2.75) is 5.92 Å². The summed E-state index contributed by atoms with van der Waals surface area (Å²) in [5.41, 5.74) is 7.08. The monoisotopic (exact) mass is 475 g/mol. The Labute approximate surface area is 217 Å². The van der Waals surface area contributed by atoms with Crippen molar-refractivity contribution in [3.63, 3.8) is 0 Å². The average molecular weight is 476 g/mol. The molecule has 0 aliphatic heterocycles. The molecule has 2 saturated carbocycles. The molecule has 0 heterocycles. The van der Waals surface area contributed by atoms with E-state index in [1.165, 1.54) is 22.3 Å². The van der Waals surface area contributed by atoms with E-state index in [2.05, 4.69) is 91.0 Å². The van der Waals surface area contributed by atoms with Gasteiger partial charge in [-0.15, -0.1) is 0 Å². The van der Waals surface area contributed by atoms with Crippen LogP contribution in [0.25, 0.3) is 5.57 Å².